The van der Waals surface area contributed by atoms with Gasteiger partial charge in [-0.05, 0) is 33.9 Å². The van der Waals surface area contributed by atoms with E-state index >= 15 is 0 Å². The Morgan fingerprint density at radius 2 is 1.93 bits per heavy atom. The first-order chi connectivity index (χ1) is 12.8. The summed E-state index contributed by atoms with van der Waals surface area (Å²) < 4.78 is 15.8. The molecular formula is C19H24FN5O2. The number of rotatable bonds is 1. The van der Waals surface area contributed by atoms with Crippen molar-refractivity contribution in [2.75, 3.05) is 36.5 Å². The molecule has 1 amide bonds. The topological polar surface area (TPSA) is 61.7 Å². The lowest BCUT2D eigenvalue weighted by atomic mass is 9.99. The molecule has 0 saturated carbocycles. The lowest BCUT2D eigenvalue weighted by Gasteiger charge is -2.49. The van der Waals surface area contributed by atoms with E-state index in [0.717, 1.165) is 0 Å². The number of anilines is 2. The van der Waals surface area contributed by atoms with Gasteiger partial charge in [0.2, 0.25) is 0 Å². The Labute approximate surface area is 157 Å². The highest BCUT2D eigenvalue weighted by Crippen LogP contribution is 2.40. The van der Waals surface area contributed by atoms with Gasteiger partial charge in [0.05, 0.1) is 11.4 Å². The Hall–Kier alpha value is -2.48. The second-order valence-corrected chi connectivity index (χ2v) is 7.53. The summed E-state index contributed by atoms with van der Waals surface area (Å²) in [7, 11) is 3.61. The van der Waals surface area contributed by atoms with Crippen molar-refractivity contribution in [3.05, 3.63) is 27.9 Å². The minimum Gasteiger partial charge on any atom is -0.354 e. The van der Waals surface area contributed by atoms with E-state index in [1.807, 2.05) is 18.9 Å². The molecule has 8 heteroatoms. The van der Waals surface area contributed by atoms with Gasteiger partial charge in [0.25, 0.3) is 11.5 Å². The highest BCUT2D eigenvalue weighted by Gasteiger charge is 2.44. The van der Waals surface area contributed by atoms with Crippen LogP contribution in [0.1, 0.15) is 19.5 Å². The predicted molar refractivity (Wildman–Crippen MR) is 103 cm³/mol. The summed E-state index contributed by atoms with van der Waals surface area (Å²) in [5, 5.41) is 0.572. The molecule has 27 heavy (non-hydrogen) atoms. The van der Waals surface area contributed by atoms with Crippen LogP contribution in [0.2, 0.25) is 0 Å². The van der Waals surface area contributed by atoms with E-state index in [2.05, 4.69) is 16.8 Å². The summed E-state index contributed by atoms with van der Waals surface area (Å²) in [6, 6.07) is 1.26. The molecule has 0 radical (unpaired) electrons. The van der Waals surface area contributed by atoms with Crippen molar-refractivity contribution >= 4 is 28.3 Å². The van der Waals surface area contributed by atoms with E-state index < -0.39 is 11.9 Å². The van der Waals surface area contributed by atoms with Gasteiger partial charge in [-0.15, -0.1) is 0 Å². The molecule has 4 rings (SSSR count). The number of aromatic nitrogens is 2. The lowest BCUT2D eigenvalue weighted by molar-refractivity contribution is -0.121. The number of piperazine rings is 1. The standard InChI is InChI=1S/C19H24FN5O2/c1-6-24-16-15(25-8-10(2)22(4)9-14(25)18(24)26)12-7-13(20)11(3)21-17(12)23(5)19(16)27/h7,10,14H,6,8-9H2,1-5H3. The van der Waals surface area contributed by atoms with Crippen LogP contribution in [0.3, 0.4) is 0 Å². The molecule has 0 aliphatic carbocycles. The van der Waals surface area contributed by atoms with Gasteiger partial charge < -0.3 is 9.80 Å². The molecule has 2 aliphatic rings. The van der Waals surface area contributed by atoms with Crippen molar-refractivity contribution in [2.24, 2.45) is 7.05 Å². The maximum atomic E-state index is 14.4. The molecule has 2 aliphatic heterocycles. The van der Waals surface area contributed by atoms with Crippen LogP contribution in [0.25, 0.3) is 11.0 Å². The average molecular weight is 373 g/mol. The maximum absolute atomic E-state index is 14.4. The monoisotopic (exact) mass is 373 g/mol. The first-order valence-corrected chi connectivity index (χ1v) is 9.24. The number of hydrogen-bond acceptors (Lipinski definition) is 5. The molecule has 144 valence electrons. The van der Waals surface area contributed by atoms with Crippen LogP contribution in [0, 0.1) is 12.7 Å². The smallest absolute Gasteiger partial charge is 0.278 e. The summed E-state index contributed by atoms with van der Waals surface area (Å²) in [5.41, 5.74) is 1.37. The number of halogens is 1. The molecule has 2 aromatic rings. The van der Waals surface area contributed by atoms with Crippen molar-refractivity contribution in [2.45, 2.75) is 32.9 Å². The molecule has 4 heterocycles. The van der Waals surface area contributed by atoms with Gasteiger partial charge in [-0.1, -0.05) is 0 Å². The first kappa shape index (κ1) is 17.9. The van der Waals surface area contributed by atoms with E-state index in [4.69, 9.17) is 0 Å². The highest BCUT2D eigenvalue weighted by atomic mass is 19.1. The zero-order chi connectivity index (χ0) is 19.6. The Balaban J connectivity index is 2.11. The number of carbonyl (C=O) groups excluding carboxylic acids is 1. The molecule has 2 unspecified atom stereocenters. The summed E-state index contributed by atoms with van der Waals surface area (Å²) in [6.45, 7) is 7.06. The molecule has 2 aromatic heterocycles. The molecule has 0 aromatic carbocycles. The lowest BCUT2D eigenvalue weighted by Crippen LogP contribution is -2.65. The normalized spacial score (nSPS) is 23.0. The van der Waals surface area contributed by atoms with Crippen molar-refractivity contribution in [1.82, 2.24) is 14.5 Å². The number of nitrogens with zero attached hydrogens (tertiary/aromatic N) is 5. The number of amides is 1. The molecule has 0 spiro atoms. The van der Waals surface area contributed by atoms with Crippen molar-refractivity contribution in [3.63, 3.8) is 0 Å². The molecule has 7 nitrogen and oxygen atoms in total. The fraction of sp³-hybridized carbons (Fsp3) is 0.526. The van der Waals surface area contributed by atoms with E-state index in [9.17, 15) is 14.0 Å². The number of fused-ring (bicyclic) bond motifs is 5. The van der Waals surface area contributed by atoms with E-state index in [1.165, 1.54) is 10.6 Å². The van der Waals surface area contributed by atoms with Gasteiger partial charge in [-0.3, -0.25) is 19.1 Å². The van der Waals surface area contributed by atoms with Gasteiger partial charge in [0.15, 0.2) is 0 Å². The van der Waals surface area contributed by atoms with Crippen LogP contribution in [0.5, 0.6) is 0 Å². The Morgan fingerprint density at radius 1 is 1.22 bits per heavy atom. The van der Waals surface area contributed by atoms with Crippen LogP contribution >= 0.6 is 0 Å². The third-order valence-electron chi connectivity index (χ3n) is 5.91. The van der Waals surface area contributed by atoms with Crippen molar-refractivity contribution < 1.29 is 9.18 Å². The predicted octanol–water partition coefficient (Wildman–Crippen LogP) is 1.26. The van der Waals surface area contributed by atoms with Crippen LogP contribution in [-0.2, 0) is 11.8 Å². The van der Waals surface area contributed by atoms with Gasteiger partial charge in [-0.2, -0.15) is 0 Å². The van der Waals surface area contributed by atoms with Gasteiger partial charge in [0.1, 0.15) is 23.2 Å². The van der Waals surface area contributed by atoms with Crippen LogP contribution in [0.15, 0.2) is 10.9 Å². The third-order valence-corrected chi connectivity index (χ3v) is 5.91. The van der Waals surface area contributed by atoms with Gasteiger partial charge in [-0.25, -0.2) is 9.37 Å². The average Bonchev–Trinajstić information content (AvgIpc) is 2.63. The highest BCUT2D eigenvalue weighted by molar-refractivity contribution is 6.11. The summed E-state index contributed by atoms with van der Waals surface area (Å²) in [6.07, 6.45) is 0. The molecule has 1 saturated heterocycles. The minimum absolute atomic E-state index is 0.0826. The summed E-state index contributed by atoms with van der Waals surface area (Å²) >= 11 is 0. The Kier molecular flexibility index (Phi) is 3.99. The zero-order valence-electron chi connectivity index (χ0n) is 16.3. The van der Waals surface area contributed by atoms with Crippen molar-refractivity contribution in [3.8, 4) is 0 Å². The van der Waals surface area contributed by atoms with E-state index in [-0.39, 0.29) is 23.2 Å². The minimum atomic E-state index is -0.415. The number of aryl methyl sites for hydroxylation is 2. The maximum Gasteiger partial charge on any atom is 0.278 e. The number of carbonyl (C=O) groups is 1. The fourth-order valence-electron chi connectivity index (χ4n) is 4.18. The van der Waals surface area contributed by atoms with E-state index in [0.29, 0.717) is 42.0 Å². The molecule has 0 bridgehead atoms. The molecule has 1 fully saturated rings. The van der Waals surface area contributed by atoms with Gasteiger partial charge in [0, 0.05) is 38.1 Å². The number of pyridine rings is 2. The second-order valence-electron chi connectivity index (χ2n) is 7.53. The van der Waals surface area contributed by atoms with Crippen LogP contribution in [-0.4, -0.2) is 59.1 Å². The largest absolute Gasteiger partial charge is 0.354 e. The summed E-state index contributed by atoms with van der Waals surface area (Å²) in [5.74, 6) is -0.497. The zero-order valence-corrected chi connectivity index (χ0v) is 16.3. The fourth-order valence-corrected chi connectivity index (χ4v) is 4.18. The molecule has 2 atom stereocenters. The Morgan fingerprint density at radius 3 is 2.59 bits per heavy atom. The van der Waals surface area contributed by atoms with Crippen molar-refractivity contribution in [1.29, 1.82) is 0 Å². The van der Waals surface area contributed by atoms with Crippen LogP contribution < -0.4 is 15.4 Å². The third kappa shape index (κ3) is 2.39. The first-order valence-electron chi connectivity index (χ1n) is 9.24. The van der Waals surface area contributed by atoms with Crippen LogP contribution in [0.4, 0.5) is 15.8 Å². The SMILES string of the molecule is CCN1C(=O)C2CN(C)C(C)CN2c2c1c(=O)n(C)c1nc(C)c(F)cc21. The van der Waals surface area contributed by atoms with Gasteiger partial charge >= 0.3 is 0 Å². The molecule has 0 N–H and O–H groups in total. The second kappa shape index (κ2) is 6.02. The molecular weight excluding hydrogens is 349 g/mol. The summed E-state index contributed by atoms with van der Waals surface area (Å²) in [4.78, 5) is 36.3. The number of likely N-dealkylation sites (N-methyl/N-ethyl adjacent to an activating group) is 2. The number of hydrogen-bond donors (Lipinski definition) is 0. The quantitative estimate of drug-likeness (QED) is 0.753. The Bertz CT molecular complexity index is 1020. The van der Waals surface area contributed by atoms with E-state index in [1.54, 1.807) is 18.9 Å².